The second-order valence-corrected chi connectivity index (χ2v) is 3.33. The maximum absolute atomic E-state index is 4.05. The summed E-state index contributed by atoms with van der Waals surface area (Å²) >= 11 is 3.33. The fourth-order valence-corrected chi connectivity index (χ4v) is 1.22. The fraction of sp³-hybridized carbons (Fsp3) is 0. The van der Waals surface area contributed by atoms with Gasteiger partial charge in [0.25, 0.3) is 0 Å². The van der Waals surface area contributed by atoms with Crippen LogP contribution in [0.15, 0.2) is 35.7 Å². The fourth-order valence-electron chi connectivity index (χ4n) is 0.905. The average molecular weight is 252 g/mol. The van der Waals surface area contributed by atoms with Gasteiger partial charge in [-0.2, -0.15) is 0 Å². The molecule has 0 bridgehead atoms. The molecule has 0 amide bonds. The lowest BCUT2D eigenvalue weighted by molar-refractivity contribution is 1.13. The highest BCUT2D eigenvalue weighted by atomic mass is 79.9. The first-order valence-corrected chi connectivity index (χ1v) is 4.63. The minimum absolute atomic E-state index is 0.690. The van der Waals surface area contributed by atoms with Crippen LogP contribution in [-0.2, 0) is 0 Å². The first kappa shape index (κ1) is 9.01. The highest BCUT2D eigenvalue weighted by Crippen LogP contribution is 2.20. The number of nitrogens with one attached hydrogen (secondary N) is 1. The van der Waals surface area contributed by atoms with Crippen molar-refractivity contribution < 1.29 is 0 Å². The van der Waals surface area contributed by atoms with Crippen molar-refractivity contribution in [3.05, 3.63) is 35.7 Å². The molecule has 0 spiro atoms. The number of aromatic nitrogens is 4. The summed E-state index contributed by atoms with van der Waals surface area (Å²) in [5.41, 5.74) is 0.784. The summed E-state index contributed by atoms with van der Waals surface area (Å²) in [5.74, 6) is 0.690. The van der Waals surface area contributed by atoms with Crippen molar-refractivity contribution in [2.45, 2.75) is 0 Å². The Bertz CT molecular complexity index is 419. The van der Waals surface area contributed by atoms with Gasteiger partial charge in [-0.3, -0.25) is 0 Å². The molecule has 70 valence electrons. The Kier molecular flexibility index (Phi) is 2.64. The number of hydrogen-bond acceptors (Lipinski definition) is 5. The molecule has 2 aromatic rings. The average Bonchev–Trinajstić information content (AvgIpc) is 2.23. The van der Waals surface area contributed by atoms with Crippen molar-refractivity contribution in [2.75, 3.05) is 5.32 Å². The zero-order valence-corrected chi connectivity index (χ0v) is 8.64. The van der Waals surface area contributed by atoms with Gasteiger partial charge in [0.15, 0.2) is 0 Å². The summed E-state index contributed by atoms with van der Waals surface area (Å²) in [6, 6.07) is 0. The van der Waals surface area contributed by atoms with Crippen molar-refractivity contribution in [2.24, 2.45) is 0 Å². The van der Waals surface area contributed by atoms with Crippen LogP contribution in [0.25, 0.3) is 0 Å². The number of nitrogens with zero attached hydrogens (tertiary/aromatic N) is 4. The van der Waals surface area contributed by atoms with E-state index in [1.54, 1.807) is 18.6 Å². The van der Waals surface area contributed by atoms with Crippen molar-refractivity contribution in [3.63, 3.8) is 0 Å². The predicted molar refractivity (Wildman–Crippen MR) is 55.0 cm³/mol. The molecule has 0 fully saturated rings. The van der Waals surface area contributed by atoms with Gasteiger partial charge in [0, 0.05) is 6.20 Å². The zero-order valence-electron chi connectivity index (χ0n) is 7.05. The summed E-state index contributed by atoms with van der Waals surface area (Å²) in [6.45, 7) is 0. The maximum atomic E-state index is 4.05. The number of halogens is 1. The normalized spacial score (nSPS) is 9.79. The van der Waals surface area contributed by atoms with Gasteiger partial charge in [0.1, 0.15) is 18.5 Å². The molecule has 1 N–H and O–H groups in total. The van der Waals surface area contributed by atoms with Crippen LogP contribution in [0.3, 0.4) is 0 Å². The topological polar surface area (TPSA) is 63.6 Å². The van der Waals surface area contributed by atoms with Gasteiger partial charge in [-0.15, -0.1) is 0 Å². The van der Waals surface area contributed by atoms with Crippen LogP contribution in [0.1, 0.15) is 0 Å². The maximum Gasteiger partial charge on any atom is 0.148 e. The highest BCUT2D eigenvalue weighted by molar-refractivity contribution is 9.10. The van der Waals surface area contributed by atoms with E-state index < -0.39 is 0 Å². The minimum atomic E-state index is 0.690. The van der Waals surface area contributed by atoms with Crippen molar-refractivity contribution >= 4 is 27.4 Å². The van der Waals surface area contributed by atoms with Crippen LogP contribution in [-0.4, -0.2) is 19.9 Å². The SMILES string of the molecule is Brc1cncnc1Nc1cncnc1. The molecular formula is C8H6BrN5. The molecule has 2 aromatic heterocycles. The van der Waals surface area contributed by atoms with E-state index in [4.69, 9.17) is 0 Å². The van der Waals surface area contributed by atoms with Crippen molar-refractivity contribution in [1.82, 2.24) is 19.9 Å². The van der Waals surface area contributed by atoms with Gasteiger partial charge >= 0.3 is 0 Å². The van der Waals surface area contributed by atoms with E-state index in [0.29, 0.717) is 5.82 Å². The van der Waals surface area contributed by atoms with Crippen molar-refractivity contribution in [1.29, 1.82) is 0 Å². The minimum Gasteiger partial charge on any atom is -0.337 e. The van der Waals surface area contributed by atoms with Gasteiger partial charge in [-0.25, -0.2) is 19.9 Å². The summed E-state index contributed by atoms with van der Waals surface area (Å²) < 4.78 is 0.795. The Morgan fingerprint density at radius 3 is 2.43 bits per heavy atom. The number of anilines is 2. The summed E-state index contributed by atoms with van der Waals surface area (Å²) in [5, 5.41) is 3.05. The molecule has 2 heterocycles. The lowest BCUT2D eigenvalue weighted by Crippen LogP contribution is -1.95. The van der Waals surface area contributed by atoms with Gasteiger partial charge < -0.3 is 5.32 Å². The smallest absolute Gasteiger partial charge is 0.148 e. The molecule has 0 aliphatic rings. The Hall–Kier alpha value is -1.56. The van der Waals surface area contributed by atoms with Crippen LogP contribution in [0.4, 0.5) is 11.5 Å². The van der Waals surface area contributed by atoms with Crippen LogP contribution < -0.4 is 5.32 Å². The standard InChI is InChI=1S/C8H6BrN5/c9-7-3-12-5-13-8(7)14-6-1-10-4-11-2-6/h1-5H,(H,12,13,14). The lowest BCUT2D eigenvalue weighted by Gasteiger charge is -2.04. The van der Waals surface area contributed by atoms with Crippen LogP contribution >= 0.6 is 15.9 Å². The number of hydrogen-bond donors (Lipinski definition) is 1. The summed E-state index contributed by atoms with van der Waals surface area (Å²) in [6.07, 6.45) is 7.94. The molecule has 2 rings (SSSR count). The summed E-state index contributed by atoms with van der Waals surface area (Å²) in [4.78, 5) is 15.7. The Balaban J connectivity index is 2.24. The lowest BCUT2D eigenvalue weighted by atomic mass is 10.5. The first-order valence-electron chi connectivity index (χ1n) is 3.84. The molecule has 6 heteroatoms. The monoisotopic (exact) mass is 251 g/mol. The molecule has 0 unspecified atom stereocenters. The van der Waals surface area contributed by atoms with Gasteiger partial charge in [0.2, 0.25) is 0 Å². The zero-order chi connectivity index (χ0) is 9.80. The third-order valence-electron chi connectivity index (χ3n) is 1.49. The summed E-state index contributed by atoms with van der Waals surface area (Å²) in [7, 11) is 0. The van der Waals surface area contributed by atoms with Crippen LogP contribution in [0.2, 0.25) is 0 Å². The molecular weight excluding hydrogens is 246 g/mol. The van der Waals surface area contributed by atoms with Crippen LogP contribution in [0, 0.1) is 0 Å². The van der Waals surface area contributed by atoms with Gasteiger partial charge in [-0.1, -0.05) is 0 Å². The third kappa shape index (κ3) is 2.02. The van der Waals surface area contributed by atoms with E-state index in [1.165, 1.54) is 12.7 Å². The van der Waals surface area contributed by atoms with E-state index in [2.05, 4.69) is 41.2 Å². The van der Waals surface area contributed by atoms with Gasteiger partial charge in [-0.05, 0) is 15.9 Å². The van der Waals surface area contributed by atoms with E-state index in [1.807, 2.05) is 0 Å². The molecule has 5 nitrogen and oxygen atoms in total. The van der Waals surface area contributed by atoms with Crippen molar-refractivity contribution in [3.8, 4) is 0 Å². The predicted octanol–water partition coefficient (Wildman–Crippen LogP) is 1.77. The Labute approximate surface area is 88.8 Å². The quantitative estimate of drug-likeness (QED) is 0.882. The molecule has 14 heavy (non-hydrogen) atoms. The largest absolute Gasteiger partial charge is 0.337 e. The van der Waals surface area contributed by atoms with E-state index >= 15 is 0 Å². The molecule has 0 aromatic carbocycles. The second-order valence-electron chi connectivity index (χ2n) is 2.47. The molecule has 0 saturated heterocycles. The molecule has 0 saturated carbocycles. The molecule has 0 aliphatic carbocycles. The Morgan fingerprint density at radius 1 is 1.00 bits per heavy atom. The van der Waals surface area contributed by atoms with Gasteiger partial charge in [0.05, 0.1) is 22.6 Å². The Morgan fingerprint density at radius 2 is 1.71 bits per heavy atom. The highest BCUT2D eigenvalue weighted by Gasteiger charge is 2.00. The first-order chi connectivity index (χ1) is 6.86. The molecule has 0 aliphatic heterocycles. The molecule has 0 atom stereocenters. The van der Waals surface area contributed by atoms with E-state index in [9.17, 15) is 0 Å². The van der Waals surface area contributed by atoms with E-state index in [0.717, 1.165) is 10.2 Å². The van der Waals surface area contributed by atoms with E-state index in [-0.39, 0.29) is 0 Å². The molecule has 0 radical (unpaired) electrons. The number of rotatable bonds is 2. The second kappa shape index (κ2) is 4.10. The third-order valence-corrected chi connectivity index (χ3v) is 2.07. The van der Waals surface area contributed by atoms with Crippen LogP contribution in [0.5, 0.6) is 0 Å².